The summed E-state index contributed by atoms with van der Waals surface area (Å²) in [5.41, 5.74) is -1.30. The molecule has 2 saturated heterocycles. The number of carboxylic acid groups (broad SMARTS) is 1. The van der Waals surface area contributed by atoms with Gasteiger partial charge in [0, 0.05) is 19.1 Å². The molecule has 0 amide bonds. The molecule has 0 bridgehead atoms. The van der Waals surface area contributed by atoms with Crippen LogP contribution in [-0.4, -0.2) is 52.8 Å². The van der Waals surface area contributed by atoms with Crippen molar-refractivity contribution in [1.29, 1.82) is 0 Å². The zero-order valence-corrected chi connectivity index (χ0v) is 12.3. The first-order chi connectivity index (χ1) is 8.80. The molecule has 2 heterocycles. The first-order valence-corrected chi connectivity index (χ1v) is 8.23. The van der Waals surface area contributed by atoms with Crippen LogP contribution in [-0.2, 0) is 15.0 Å². The van der Waals surface area contributed by atoms with E-state index >= 15 is 0 Å². The van der Waals surface area contributed by atoms with E-state index in [1.54, 1.807) is 0 Å². The molecule has 1 N–H and O–H groups in total. The smallest absolute Gasteiger partial charge is 0.324 e. The molecule has 110 valence electrons. The summed E-state index contributed by atoms with van der Waals surface area (Å²) in [7, 11) is -3.68. The maximum atomic E-state index is 12.7. The van der Waals surface area contributed by atoms with Crippen LogP contribution in [0.25, 0.3) is 0 Å². The molecule has 0 aromatic rings. The van der Waals surface area contributed by atoms with Gasteiger partial charge in [-0.3, -0.25) is 4.79 Å². The summed E-state index contributed by atoms with van der Waals surface area (Å²) in [6, 6.07) is -0.0441. The minimum atomic E-state index is -3.68. The van der Waals surface area contributed by atoms with Crippen LogP contribution in [0.5, 0.6) is 0 Å². The molecule has 19 heavy (non-hydrogen) atoms. The maximum Gasteiger partial charge on any atom is 0.324 e. The lowest BCUT2D eigenvalue weighted by Gasteiger charge is -2.39. The van der Waals surface area contributed by atoms with Gasteiger partial charge in [-0.2, -0.15) is 17.0 Å². The monoisotopic (exact) mass is 290 g/mol. The second-order valence-corrected chi connectivity index (χ2v) is 7.52. The number of rotatable bonds is 3. The van der Waals surface area contributed by atoms with E-state index in [0.717, 1.165) is 19.3 Å². The quantitative estimate of drug-likeness (QED) is 0.842. The first kappa shape index (κ1) is 14.7. The van der Waals surface area contributed by atoms with Gasteiger partial charge in [0.15, 0.2) is 0 Å². The SMILES string of the molecule is CC1CCCCN1S(=O)(=O)N1CCCC1(C)C(=O)O. The molecule has 2 fully saturated rings. The highest BCUT2D eigenvalue weighted by atomic mass is 32.2. The highest BCUT2D eigenvalue weighted by molar-refractivity contribution is 7.86. The van der Waals surface area contributed by atoms with Crippen LogP contribution >= 0.6 is 0 Å². The number of carboxylic acids is 1. The van der Waals surface area contributed by atoms with Gasteiger partial charge in [-0.05, 0) is 39.5 Å². The number of nitrogens with zero attached hydrogens (tertiary/aromatic N) is 2. The Hall–Kier alpha value is -0.660. The number of hydrogen-bond acceptors (Lipinski definition) is 3. The standard InChI is InChI=1S/C12H22N2O4S/c1-10-6-3-4-8-13(10)19(17,18)14-9-5-7-12(14,2)11(15)16/h10H,3-9H2,1-2H3,(H,15,16). The van der Waals surface area contributed by atoms with Crippen LogP contribution in [0, 0.1) is 0 Å². The summed E-state index contributed by atoms with van der Waals surface area (Å²) in [6.07, 6.45) is 3.70. The Kier molecular flexibility index (Phi) is 3.90. The second kappa shape index (κ2) is 5.03. The van der Waals surface area contributed by atoms with E-state index in [9.17, 15) is 18.3 Å². The molecule has 0 saturated carbocycles. The number of hydrogen-bond donors (Lipinski definition) is 1. The molecule has 7 heteroatoms. The van der Waals surface area contributed by atoms with Gasteiger partial charge < -0.3 is 5.11 Å². The lowest BCUT2D eigenvalue weighted by atomic mass is 10.0. The molecule has 2 aliphatic rings. The van der Waals surface area contributed by atoms with Crippen molar-refractivity contribution in [3.05, 3.63) is 0 Å². The molecule has 2 rings (SSSR count). The first-order valence-electron chi connectivity index (χ1n) is 6.83. The predicted molar refractivity (Wildman–Crippen MR) is 70.9 cm³/mol. The largest absolute Gasteiger partial charge is 0.480 e. The molecule has 0 aliphatic carbocycles. The van der Waals surface area contributed by atoms with Gasteiger partial charge in [0.1, 0.15) is 5.54 Å². The molecule has 0 radical (unpaired) electrons. The number of carbonyl (C=O) groups is 1. The van der Waals surface area contributed by atoms with E-state index < -0.39 is 21.7 Å². The molecular weight excluding hydrogens is 268 g/mol. The van der Waals surface area contributed by atoms with Gasteiger partial charge in [-0.15, -0.1) is 0 Å². The van der Waals surface area contributed by atoms with Crippen LogP contribution < -0.4 is 0 Å². The minimum Gasteiger partial charge on any atom is -0.480 e. The second-order valence-electron chi connectivity index (χ2n) is 5.72. The fourth-order valence-corrected chi connectivity index (χ4v) is 5.27. The van der Waals surface area contributed by atoms with Crippen molar-refractivity contribution < 1.29 is 18.3 Å². The molecule has 2 unspecified atom stereocenters. The predicted octanol–water partition coefficient (Wildman–Crippen LogP) is 1.04. The molecule has 6 nitrogen and oxygen atoms in total. The van der Waals surface area contributed by atoms with Crippen molar-refractivity contribution >= 4 is 16.2 Å². The van der Waals surface area contributed by atoms with Crippen molar-refractivity contribution in [2.45, 2.75) is 57.5 Å². The Labute approximate surface area is 114 Å². The van der Waals surface area contributed by atoms with Gasteiger partial charge in [0.2, 0.25) is 0 Å². The van der Waals surface area contributed by atoms with Gasteiger partial charge >= 0.3 is 5.97 Å². The Balaban J connectivity index is 2.31. The summed E-state index contributed by atoms with van der Waals surface area (Å²) in [6.45, 7) is 4.20. The molecule has 0 aromatic heterocycles. The number of piperidine rings is 1. The zero-order valence-electron chi connectivity index (χ0n) is 11.5. The average Bonchev–Trinajstić information content (AvgIpc) is 2.74. The Morgan fingerprint density at radius 3 is 2.53 bits per heavy atom. The van der Waals surface area contributed by atoms with E-state index in [2.05, 4.69) is 0 Å². The van der Waals surface area contributed by atoms with Crippen molar-refractivity contribution in [3.8, 4) is 0 Å². The molecular formula is C12H22N2O4S. The van der Waals surface area contributed by atoms with Crippen molar-refractivity contribution in [2.24, 2.45) is 0 Å². The third kappa shape index (κ3) is 2.39. The normalized spacial score (nSPS) is 34.5. The van der Waals surface area contributed by atoms with E-state index in [4.69, 9.17) is 0 Å². The van der Waals surface area contributed by atoms with Crippen molar-refractivity contribution in [2.75, 3.05) is 13.1 Å². The van der Waals surface area contributed by atoms with E-state index in [-0.39, 0.29) is 6.04 Å². The minimum absolute atomic E-state index is 0.0441. The molecule has 2 atom stereocenters. The third-order valence-electron chi connectivity index (χ3n) is 4.35. The Bertz CT molecular complexity index is 464. The third-order valence-corrected chi connectivity index (χ3v) is 6.63. The Morgan fingerprint density at radius 2 is 1.95 bits per heavy atom. The van der Waals surface area contributed by atoms with Gasteiger partial charge in [0.25, 0.3) is 10.2 Å². The fraction of sp³-hybridized carbons (Fsp3) is 0.917. The highest BCUT2D eigenvalue weighted by Crippen LogP contribution is 2.35. The number of aliphatic carboxylic acids is 1. The zero-order chi connectivity index (χ0) is 14.3. The molecule has 0 aromatic carbocycles. The summed E-state index contributed by atoms with van der Waals surface area (Å²) >= 11 is 0. The van der Waals surface area contributed by atoms with Crippen LogP contribution in [0.4, 0.5) is 0 Å². The fourth-order valence-electron chi connectivity index (χ4n) is 3.06. The van der Waals surface area contributed by atoms with Crippen molar-refractivity contribution in [1.82, 2.24) is 8.61 Å². The topological polar surface area (TPSA) is 77.9 Å². The molecule has 0 spiro atoms. The van der Waals surface area contributed by atoms with Crippen molar-refractivity contribution in [3.63, 3.8) is 0 Å². The molecule has 2 aliphatic heterocycles. The van der Waals surface area contributed by atoms with E-state index in [1.807, 2.05) is 6.92 Å². The van der Waals surface area contributed by atoms with Gasteiger partial charge in [-0.25, -0.2) is 0 Å². The average molecular weight is 290 g/mol. The summed E-state index contributed by atoms with van der Waals surface area (Å²) in [5.74, 6) is -1.06. The van der Waals surface area contributed by atoms with Crippen LogP contribution in [0.3, 0.4) is 0 Å². The van der Waals surface area contributed by atoms with E-state index in [1.165, 1.54) is 15.5 Å². The van der Waals surface area contributed by atoms with Gasteiger partial charge in [-0.1, -0.05) is 6.42 Å². The lowest BCUT2D eigenvalue weighted by molar-refractivity contribution is -0.146. The van der Waals surface area contributed by atoms with Crippen LogP contribution in [0.2, 0.25) is 0 Å². The van der Waals surface area contributed by atoms with E-state index in [0.29, 0.717) is 25.9 Å². The maximum absolute atomic E-state index is 12.7. The lowest BCUT2D eigenvalue weighted by Crippen LogP contribution is -2.57. The summed E-state index contributed by atoms with van der Waals surface area (Å²) in [4.78, 5) is 11.4. The highest BCUT2D eigenvalue weighted by Gasteiger charge is 2.51. The van der Waals surface area contributed by atoms with Gasteiger partial charge in [0.05, 0.1) is 0 Å². The summed E-state index contributed by atoms with van der Waals surface area (Å²) < 4.78 is 28.1. The van der Waals surface area contributed by atoms with Crippen LogP contribution in [0.15, 0.2) is 0 Å². The Morgan fingerprint density at radius 1 is 1.26 bits per heavy atom. The van der Waals surface area contributed by atoms with Crippen LogP contribution in [0.1, 0.15) is 46.0 Å². The summed E-state index contributed by atoms with van der Waals surface area (Å²) in [5, 5.41) is 9.35.